The molecule has 144 valence electrons. The zero-order chi connectivity index (χ0) is 19.6. The van der Waals surface area contributed by atoms with Gasteiger partial charge in [-0.25, -0.2) is 4.39 Å². The first-order valence-corrected chi connectivity index (χ1v) is 9.46. The van der Waals surface area contributed by atoms with Gasteiger partial charge in [0.2, 0.25) is 0 Å². The monoisotopic (exact) mass is 378 g/mol. The van der Waals surface area contributed by atoms with Crippen LogP contribution in [0.25, 0.3) is 0 Å². The number of allylic oxidation sites excluding steroid dienone is 4. The van der Waals surface area contributed by atoms with Gasteiger partial charge in [0.25, 0.3) is 5.91 Å². The fraction of sp³-hybridized carbons (Fsp3) is 0.273. The smallest absolute Gasteiger partial charge is 0.259 e. The number of hydrogen-bond donors (Lipinski definition) is 2. The summed E-state index contributed by atoms with van der Waals surface area (Å²) in [7, 11) is 0. The molecule has 6 heteroatoms. The molecule has 2 aliphatic rings. The molecule has 0 spiro atoms. The summed E-state index contributed by atoms with van der Waals surface area (Å²) in [6, 6.07) is 8.00. The Morgan fingerprint density at radius 3 is 3.00 bits per heavy atom. The van der Waals surface area contributed by atoms with Gasteiger partial charge in [-0.15, -0.1) is 0 Å². The summed E-state index contributed by atoms with van der Waals surface area (Å²) in [5.41, 5.74) is 1.76. The molecule has 1 aliphatic heterocycles. The molecule has 28 heavy (non-hydrogen) atoms. The van der Waals surface area contributed by atoms with Crippen LogP contribution in [-0.2, 0) is 0 Å². The molecule has 0 fully saturated rings. The summed E-state index contributed by atoms with van der Waals surface area (Å²) in [5, 5.41) is 6.77. The van der Waals surface area contributed by atoms with Crippen LogP contribution in [-0.4, -0.2) is 28.1 Å². The second-order valence-corrected chi connectivity index (χ2v) is 7.31. The van der Waals surface area contributed by atoms with E-state index in [0.717, 1.165) is 18.5 Å². The van der Waals surface area contributed by atoms with Crippen LogP contribution in [0.4, 0.5) is 15.8 Å². The van der Waals surface area contributed by atoms with Crippen LogP contribution in [0, 0.1) is 11.7 Å². The first-order chi connectivity index (χ1) is 13.5. The highest BCUT2D eigenvalue weighted by Crippen LogP contribution is 2.33. The minimum Gasteiger partial charge on any atom is -0.345 e. The van der Waals surface area contributed by atoms with E-state index in [0.29, 0.717) is 23.7 Å². The van der Waals surface area contributed by atoms with E-state index >= 15 is 0 Å². The van der Waals surface area contributed by atoms with Crippen molar-refractivity contribution >= 4 is 17.3 Å². The zero-order valence-corrected chi connectivity index (χ0v) is 15.7. The molecule has 2 aromatic rings. The molecule has 2 unspecified atom stereocenters. The molecule has 0 saturated heterocycles. The van der Waals surface area contributed by atoms with Crippen molar-refractivity contribution < 1.29 is 9.18 Å². The van der Waals surface area contributed by atoms with Crippen molar-refractivity contribution in [3.8, 4) is 0 Å². The summed E-state index contributed by atoms with van der Waals surface area (Å²) >= 11 is 0. The number of aromatic nitrogens is 1. The fourth-order valence-corrected chi connectivity index (χ4v) is 3.76. The molecule has 1 aromatic carbocycles. The average molecular weight is 378 g/mol. The fourth-order valence-electron chi connectivity index (χ4n) is 3.76. The number of anilines is 2. The van der Waals surface area contributed by atoms with E-state index in [1.807, 2.05) is 31.2 Å². The Morgan fingerprint density at radius 1 is 1.36 bits per heavy atom. The van der Waals surface area contributed by atoms with Crippen molar-refractivity contribution in [3.63, 3.8) is 0 Å². The molecular formula is C22H23FN4O. The van der Waals surface area contributed by atoms with Crippen molar-refractivity contribution in [2.75, 3.05) is 17.2 Å². The van der Waals surface area contributed by atoms with E-state index in [2.05, 4.69) is 27.8 Å². The highest BCUT2D eigenvalue weighted by molar-refractivity contribution is 6.02. The van der Waals surface area contributed by atoms with Crippen LogP contribution in [0.3, 0.4) is 0 Å². The third kappa shape index (κ3) is 3.63. The van der Waals surface area contributed by atoms with Gasteiger partial charge >= 0.3 is 0 Å². The first kappa shape index (κ1) is 18.2. The minimum absolute atomic E-state index is 0.192. The second kappa shape index (κ2) is 7.46. The number of carbonyl (C=O) groups excluding carboxylic acids is 1. The van der Waals surface area contributed by atoms with E-state index < -0.39 is 11.6 Å². The Kier molecular flexibility index (Phi) is 4.86. The van der Waals surface area contributed by atoms with Gasteiger partial charge in [0.15, 0.2) is 5.79 Å². The van der Waals surface area contributed by atoms with Gasteiger partial charge in [-0.3, -0.25) is 14.7 Å². The molecule has 4 rings (SSSR count). The van der Waals surface area contributed by atoms with Crippen LogP contribution in [0.5, 0.6) is 0 Å². The van der Waals surface area contributed by atoms with Crippen LogP contribution < -0.4 is 10.6 Å². The number of halogens is 1. The number of pyridine rings is 1. The first-order valence-electron chi connectivity index (χ1n) is 9.46. The number of nitrogens with one attached hydrogen (secondary N) is 2. The number of hydrogen-bond acceptors (Lipinski definition) is 4. The number of rotatable bonds is 5. The molecule has 0 saturated carbocycles. The van der Waals surface area contributed by atoms with Crippen molar-refractivity contribution in [2.45, 2.75) is 25.6 Å². The standard InChI is InChI=1S/C22H23FN4O/c1-22(25-18-8-5-12-24-15-18)26-20-10-9-17(23)14-19(20)21(28)27(22)13-11-16-6-3-2-4-7-16/h2-6,8-10,12,14-16,25-26H,7,11,13H2,1H3. The van der Waals surface area contributed by atoms with Crippen LogP contribution in [0.1, 0.15) is 30.1 Å². The molecule has 5 nitrogen and oxygen atoms in total. The summed E-state index contributed by atoms with van der Waals surface area (Å²) in [6.45, 7) is 2.45. The van der Waals surface area contributed by atoms with Gasteiger partial charge in [-0.2, -0.15) is 0 Å². The normalized spacial score (nSPS) is 23.3. The molecule has 1 amide bonds. The lowest BCUT2D eigenvalue weighted by Gasteiger charge is -2.47. The van der Waals surface area contributed by atoms with Crippen molar-refractivity contribution in [1.82, 2.24) is 9.88 Å². The lowest BCUT2D eigenvalue weighted by atomic mass is 9.96. The Morgan fingerprint density at radius 2 is 2.25 bits per heavy atom. The van der Waals surface area contributed by atoms with E-state index in [1.54, 1.807) is 23.4 Å². The predicted octanol–water partition coefficient (Wildman–Crippen LogP) is 4.40. The van der Waals surface area contributed by atoms with Crippen molar-refractivity contribution in [3.05, 3.63) is 78.4 Å². The molecule has 0 radical (unpaired) electrons. The molecular weight excluding hydrogens is 355 g/mol. The number of amides is 1. The van der Waals surface area contributed by atoms with Crippen LogP contribution in [0.15, 0.2) is 67.0 Å². The Balaban J connectivity index is 1.64. The van der Waals surface area contributed by atoms with Gasteiger partial charge < -0.3 is 10.6 Å². The molecule has 1 aromatic heterocycles. The number of fused-ring (bicyclic) bond motifs is 1. The number of benzene rings is 1. The lowest BCUT2D eigenvalue weighted by molar-refractivity contribution is 0.0578. The third-order valence-electron chi connectivity index (χ3n) is 5.22. The predicted molar refractivity (Wildman–Crippen MR) is 108 cm³/mol. The quantitative estimate of drug-likeness (QED) is 0.810. The van der Waals surface area contributed by atoms with Crippen molar-refractivity contribution in [2.24, 2.45) is 5.92 Å². The molecule has 2 N–H and O–H groups in total. The maximum atomic E-state index is 13.8. The molecule has 2 atom stereocenters. The molecule has 0 bridgehead atoms. The largest absolute Gasteiger partial charge is 0.345 e. The van der Waals surface area contributed by atoms with Crippen LogP contribution >= 0.6 is 0 Å². The summed E-state index contributed by atoms with van der Waals surface area (Å²) in [6.07, 6.45) is 13.6. The van der Waals surface area contributed by atoms with E-state index in [-0.39, 0.29) is 5.91 Å². The topological polar surface area (TPSA) is 57.3 Å². The number of nitrogens with zero attached hydrogens (tertiary/aromatic N) is 2. The van der Waals surface area contributed by atoms with Gasteiger partial charge in [-0.05, 0) is 56.0 Å². The Bertz CT molecular complexity index is 927. The molecule has 2 heterocycles. The lowest BCUT2D eigenvalue weighted by Crippen LogP contribution is -2.63. The van der Waals surface area contributed by atoms with Crippen molar-refractivity contribution in [1.29, 1.82) is 0 Å². The number of carbonyl (C=O) groups is 1. The Labute approximate surface area is 164 Å². The maximum absolute atomic E-state index is 13.8. The second-order valence-electron chi connectivity index (χ2n) is 7.31. The summed E-state index contributed by atoms with van der Waals surface area (Å²) in [4.78, 5) is 19.2. The van der Waals surface area contributed by atoms with Gasteiger partial charge in [0.1, 0.15) is 5.82 Å². The zero-order valence-electron chi connectivity index (χ0n) is 15.7. The third-order valence-corrected chi connectivity index (χ3v) is 5.22. The van der Waals surface area contributed by atoms with Crippen LogP contribution in [0.2, 0.25) is 0 Å². The van der Waals surface area contributed by atoms with E-state index in [4.69, 9.17) is 0 Å². The van der Waals surface area contributed by atoms with Gasteiger partial charge in [0.05, 0.1) is 23.1 Å². The maximum Gasteiger partial charge on any atom is 0.259 e. The van der Waals surface area contributed by atoms with Gasteiger partial charge in [-0.1, -0.05) is 24.3 Å². The molecule has 1 aliphatic carbocycles. The van der Waals surface area contributed by atoms with Gasteiger partial charge in [0, 0.05) is 12.7 Å². The van der Waals surface area contributed by atoms with E-state index in [1.165, 1.54) is 12.1 Å². The minimum atomic E-state index is -0.862. The van der Waals surface area contributed by atoms with E-state index in [9.17, 15) is 9.18 Å². The average Bonchev–Trinajstić information content (AvgIpc) is 2.70. The highest BCUT2D eigenvalue weighted by Gasteiger charge is 2.41. The summed E-state index contributed by atoms with van der Waals surface area (Å²) in [5.74, 6) is -1.09. The Hall–Kier alpha value is -3.15. The SMILES string of the molecule is CC1(Nc2cccnc2)Nc2ccc(F)cc2C(=O)N1CCC1C=CC=CC1. The summed E-state index contributed by atoms with van der Waals surface area (Å²) < 4.78 is 13.8. The highest BCUT2D eigenvalue weighted by atomic mass is 19.1.